The number of hydrogen-bond donors (Lipinski definition) is 1. The van der Waals surface area contributed by atoms with Crippen molar-refractivity contribution in [1.82, 2.24) is 10.2 Å². The van der Waals surface area contributed by atoms with Crippen LogP contribution >= 0.6 is 15.9 Å². The van der Waals surface area contributed by atoms with Crippen LogP contribution in [0.5, 0.6) is 5.75 Å². The van der Waals surface area contributed by atoms with E-state index >= 15 is 0 Å². The second-order valence-corrected chi connectivity index (χ2v) is 9.19. The lowest BCUT2D eigenvalue weighted by Crippen LogP contribution is -2.51. The predicted octanol–water partition coefficient (Wildman–Crippen LogP) is 5.00. The predicted molar refractivity (Wildman–Crippen MR) is 126 cm³/mol. The van der Waals surface area contributed by atoms with Gasteiger partial charge < -0.3 is 15.0 Å². The first-order valence-electron chi connectivity index (χ1n) is 11.0. The molecule has 0 heterocycles. The zero-order valence-electron chi connectivity index (χ0n) is 18.3. The summed E-state index contributed by atoms with van der Waals surface area (Å²) in [4.78, 5) is 27.7. The highest BCUT2D eigenvalue weighted by Crippen LogP contribution is 2.19. The Hall–Kier alpha value is -2.34. The fourth-order valence-corrected chi connectivity index (χ4v) is 4.29. The summed E-state index contributed by atoms with van der Waals surface area (Å²) in [7, 11) is 0. The van der Waals surface area contributed by atoms with Crippen LogP contribution in [-0.4, -0.2) is 35.4 Å². The molecular weight excluding hydrogens is 456 g/mol. The molecule has 31 heavy (non-hydrogen) atoms. The number of ether oxygens (including phenoxy) is 1. The fraction of sp³-hybridized carbons (Fsp3) is 0.440. The minimum atomic E-state index is -0.588. The maximum atomic E-state index is 13.1. The van der Waals surface area contributed by atoms with E-state index in [4.69, 9.17) is 4.74 Å². The molecule has 1 aliphatic rings. The first kappa shape index (κ1) is 23.3. The molecule has 5 nitrogen and oxygen atoms in total. The van der Waals surface area contributed by atoms with Crippen LogP contribution in [0.4, 0.5) is 0 Å². The Bertz CT molecular complexity index is 879. The Morgan fingerprint density at radius 3 is 2.52 bits per heavy atom. The van der Waals surface area contributed by atoms with E-state index in [9.17, 15) is 9.59 Å². The molecule has 2 aromatic rings. The molecule has 0 spiro atoms. The maximum absolute atomic E-state index is 13.1. The molecule has 166 valence electrons. The van der Waals surface area contributed by atoms with Crippen molar-refractivity contribution in [3.63, 3.8) is 0 Å². The van der Waals surface area contributed by atoms with Gasteiger partial charge in [-0.2, -0.15) is 0 Å². The number of nitrogens with zero attached hydrogens (tertiary/aromatic N) is 1. The van der Waals surface area contributed by atoms with E-state index in [1.54, 1.807) is 11.8 Å². The number of carbonyl (C=O) groups is 2. The molecule has 0 bridgehead atoms. The summed E-state index contributed by atoms with van der Waals surface area (Å²) >= 11 is 3.48. The zero-order valence-corrected chi connectivity index (χ0v) is 19.9. The van der Waals surface area contributed by atoms with E-state index in [-0.39, 0.29) is 24.5 Å². The van der Waals surface area contributed by atoms with Crippen LogP contribution in [0.2, 0.25) is 0 Å². The molecule has 2 aromatic carbocycles. The van der Waals surface area contributed by atoms with Crippen LogP contribution in [0, 0.1) is 6.92 Å². The van der Waals surface area contributed by atoms with E-state index in [0.717, 1.165) is 41.3 Å². The highest BCUT2D eigenvalue weighted by molar-refractivity contribution is 9.10. The van der Waals surface area contributed by atoms with Crippen molar-refractivity contribution in [2.75, 3.05) is 6.61 Å². The highest BCUT2D eigenvalue weighted by atomic mass is 79.9. The number of benzene rings is 2. The second-order valence-electron chi connectivity index (χ2n) is 8.27. The van der Waals surface area contributed by atoms with Gasteiger partial charge in [-0.05, 0) is 56.5 Å². The maximum Gasteiger partial charge on any atom is 0.261 e. The third-order valence-electron chi connectivity index (χ3n) is 5.74. The summed E-state index contributed by atoms with van der Waals surface area (Å²) in [6.45, 7) is 4.02. The lowest BCUT2D eigenvalue weighted by atomic mass is 9.95. The van der Waals surface area contributed by atoms with Gasteiger partial charge in [0.25, 0.3) is 5.91 Å². The van der Waals surface area contributed by atoms with Gasteiger partial charge >= 0.3 is 0 Å². The lowest BCUT2D eigenvalue weighted by molar-refractivity contribution is -0.142. The Morgan fingerprint density at radius 1 is 1.13 bits per heavy atom. The lowest BCUT2D eigenvalue weighted by Gasteiger charge is -2.31. The van der Waals surface area contributed by atoms with Gasteiger partial charge in [0.1, 0.15) is 11.8 Å². The largest absolute Gasteiger partial charge is 0.484 e. The summed E-state index contributed by atoms with van der Waals surface area (Å²) in [6.07, 6.45) is 5.53. The van der Waals surface area contributed by atoms with Crippen molar-refractivity contribution >= 4 is 27.7 Å². The molecule has 2 amide bonds. The highest BCUT2D eigenvalue weighted by Gasteiger charge is 2.28. The van der Waals surface area contributed by atoms with Crippen molar-refractivity contribution < 1.29 is 14.3 Å². The van der Waals surface area contributed by atoms with E-state index in [1.807, 2.05) is 55.5 Å². The van der Waals surface area contributed by atoms with Crippen LogP contribution < -0.4 is 10.1 Å². The van der Waals surface area contributed by atoms with E-state index in [1.165, 1.54) is 6.42 Å². The quantitative estimate of drug-likeness (QED) is 0.570. The topological polar surface area (TPSA) is 58.6 Å². The fourth-order valence-electron chi connectivity index (χ4n) is 3.85. The van der Waals surface area contributed by atoms with Crippen molar-refractivity contribution in [3.8, 4) is 5.75 Å². The van der Waals surface area contributed by atoms with Gasteiger partial charge in [0.15, 0.2) is 6.61 Å². The Kier molecular flexibility index (Phi) is 8.52. The van der Waals surface area contributed by atoms with Crippen molar-refractivity contribution in [3.05, 3.63) is 64.1 Å². The molecule has 1 saturated carbocycles. The molecule has 3 rings (SSSR count). The number of hydrogen-bond acceptors (Lipinski definition) is 3. The molecule has 1 fully saturated rings. The SMILES string of the molecule is Cc1ccc(OCC(=O)N(Cc2cccc(Br)c2)[C@H](C)C(=O)NC2CCCCC2)cc1. The number of rotatable bonds is 8. The molecule has 0 unspecified atom stereocenters. The number of carbonyl (C=O) groups excluding carboxylic acids is 2. The summed E-state index contributed by atoms with van der Waals surface area (Å²) in [5.74, 6) is 0.318. The molecule has 6 heteroatoms. The number of halogens is 1. The minimum Gasteiger partial charge on any atom is -0.484 e. The van der Waals surface area contributed by atoms with Crippen molar-refractivity contribution in [1.29, 1.82) is 0 Å². The van der Waals surface area contributed by atoms with Crippen LogP contribution in [-0.2, 0) is 16.1 Å². The minimum absolute atomic E-state index is 0.106. The normalized spacial score (nSPS) is 15.2. The average molecular weight is 487 g/mol. The smallest absolute Gasteiger partial charge is 0.261 e. The van der Waals surface area contributed by atoms with Gasteiger partial charge in [-0.15, -0.1) is 0 Å². The van der Waals surface area contributed by atoms with Gasteiger partial charge in [-0.1, -0.05) is 65.0 Å². The molecule has 0 aliphatic heterocycles. The van der Waals surface area contributed by atoms with Gasteiger partial charge in [0.05, 0.1) is 0 Å². The van der Waals surface area contributed by atoms with Crippen LogP contribution in [0.3, 0.4) is 0 Å². The summed E-state index contributed by atoms with van der Waals surface area (Å²) < 4.78 is 6.65. The van der Waals surface area contributed by atoms with E-state index < -0.39 is 6.04 Å². The number of amides is 2. The van der Waals surface area contributed by atoms with Crippen molar-refractivity contribution in [2.24, 2.45) is 0 Å². The van der Waals surface area contributed by atoms with Gasteiger partial charge in [-0.3, -0.25) is 9.59 Å². The Morgan fingerprint density at radius 2 is 1.84 bits per heavy atom. The third kappa shape index (κ3) is 7.10. The first-order chi connectivity index (χ1) is 14.9. The monoisotopic (exact) mass is 486 g/mol. The van der Waals surface area contributed by atoms with Gasteiger partial charge in [0, 0.05) is 17.1 Å². The van der Waals surface area contributed by atoms with Gasteiger partial charge in [-0.25, -0.2) is 0 Å². The molecule has 0 aromatic heterocycles. The summed E-state index contributed by atoms with van der Waals surface area (Å²) in [5, 5.41) is 3.15. The standard InChI is InChI=1S/C25H31BrN2O3/c1-18-11-13-23(14-12-18)31-17-24(29)28(16-20-7-6-8-21(26)15-20)19(2)25(30)27-22-9-4-3-5-10-22/h6-8,11-15,19,22H,3-5,9-10,16-17H2,1-2H3,(H,27,30)/t19-/m1/s1. The summed E-state index contributed by atoms with van der Waals surface area (Å²) in [5.41, 5.74) is 2.08. The second kappa shape index (κ2) is 11.3. The van der Waals surface area contributed by atoms with Crippen LogP contribution in [0.15, 0.2) is 53.0 Å². The zero-order chi connectivity index (χ0) is 22.2. The van der Waals surface area contributed by atoms with E-state index in [2.05, 4.69) is 21.2 Å². The molecule has 0 radical (unpaired) electrons. The van der Waals surface area contributed by atoms with E-state index in [0.29, 0.717) is 12.3 Å². The third-order valence-corrected chi connectivity index (χ3v) is 6.24. The van der Waals surface area contributed by atoms with Crippen LogP contribution in [0.25, 0.3) is 0 Å². The number of aryl methyl sites for hydroxylation is 1. The average Bonchev–Trinajstić information content (AvgIpc) is 2.77. The molecular formula is C25H31BrN2O3. The molecule has 1 atom stereocenters. The Balaban J connectivity index is 1.70. The van der Waals surface area contributed by atoms with Gasteiger partial charge in [0.2, 0.25) is 5.91 Å². The Labute approximate surface area is 193 Å². The molecule has 1 N–H and O–H groups in total. The number of nitrogens with one attached hydrogen (secondary N) is 1. The van der Waals surface area contributed by atoms with Crippen molar-refractivity contribution in [2.45, 2.75) is 64.6 Å². The first-order valence-corrected chi connectivity index (χ1v) is 11.8. The molecule has 1 aliphatic carbocycles. The molecule has 0 saturated heterocycles. The van der Waals surface area contributed by atoms with Crippen LogP contribution in [0.1, 0.15) is 50.2 Å². The summed E-state index contributed by atoms with van der Waals surface area (Å²) in [6, 6.07) is 15.0.